The molecular weight excluding hydrogens is 290 g/mol. The van der Waals surface area contributed by atoms with Crippen molar-refractivity contribution in [2.75, 3.05) is 19.8 Å². The Morgan fingerprint density at radius 1 is 1.13 bits per heavy atom. The Balaban J connectivity index is 1.83. The zero-order chi connectivity index (χ0) is 16.1. The first-order valence-electron chi connectivity index (χ1n) is 7.91. The smallest absolute Gasteiger partial charge is 0.305 e. The number of carboxylic acids is 1. The van der Waals surface area contributed by atoms with Gasteiger partial charge in [0, 0.05) is 19.1 Å². The normalized spacial score (nSPS) is 18.7. The number of carbonyl (C=O) groups is 1. The van der Waals surface area contributed by atoms with Gasteiger partial charge in [-0.1, -0.05) is 54.6 Å². The number of aliphatic carboxylic acids is 1. The van der Waals surface area contributed by atoms with Crippen LogP contribution in [0.15, 0.2) is 54.6 Å². The molecule has 0 radical (unpaired) electrons. The van der Waals surface area contributed by atoms with Gasteiger partial charge in [-0.2, -0.15) is 0 Å². The summed E-state index contributed by atoms with van der Waals surface area (Å²) in [5.74, 6) is -0.776. The Kier molecular flexibility index (Phi) is 5.05. The Morgan fingerprint density at radius 2 is 1.87 bits per heavy atom. The quantitative estimate of drug-likeness (QED) is 0.922. The summed E-state index contributed by atoms with van der Waals surface area (Å²) >= 11 is 0. The van der Waals surface area contributed by atoms with E-state index in [1.807, 2.05) is 30.3 Å². The van der Waals surface area contributed by atoms with Crippen LogP contribution < -0.4 is 0 Å². The molecule has 4 nitrogen and oxygen atoms in total. The molecule has 1 N–H and O–H groups in total. The first-order chi connectivity index (χ1) is 11.2. The van der Waals surface area contributed by atoms with E-state index in [1.54, 1.807) is 0 Å². The Bertz CT molecular complexity index is 657. The van der Waals surface area contributed by atoms with E-state index in [2.05, 4.69) is 29.2 Å². The standard InChI is InChI=1S/C19H21NO3/c21-19(22)12-17-14-23-11-10-20(17)13-16-8-4-5-9-18(16)15-6-2-1-3-7-15/h1-9,17H,10-14H2,(H,21,22)/t17-/m0/s1. The van der Waals surface area contributed by atoms with E-state index in [0.717, 1.165) is 13.1 Å². The first-order valence-corrected chi connectivity index (χ1v) is 7.91. The van der Waals surface area contributed by atoms with Crippen LogP contribution in [0.3, 0.4) is 0 Å². The molecule has 1 aliphatic heterocycles. The van der Waals surface area contributed by atoms with Crippen LogP contribution in [0.4, 0.5) is 0 Å². The highest BCUT2D eigenvalue weighted by Crippen LogP contribution is 2.26. The molecule has 1 heterocycles. The van der Waals surface area contributed by atoms with Gasteiger partial charge in [0.2, 0.25) is 0 Å². The van der Waals surface area contributed by atoms with Gasteiger partial charge in [0.05, 0.1) is 19.6 Å². The maximum Gasteiger partial charge on any atom is 0.305 e. The summed E-state index contributed by atoms with van der Waals surface area (Å²) in [5, 5.41) is 9.10. The van der Waals surface area contributed by atoms with Gasteiger partial charge in [-0.15, -0.1) is 0 Å². The predicted octanol–water partition coefficient (Wildman–Crippen LogP) is 3.03. The van der Waals surface area contributed by atoms with E-state index in [0.29, 0.717) is 13.2 Å². The summed E-state index contributed by atoms with van der Waals surface area (Å²) in [7, 11) is 0. The topological polar surface area (TPSA) is 49.8 Å². The number of ether oxygens (including phenoxy) is 1. The van der Waals surface area contributed by atoms with Crippen molar-refractivity contribution in [3.8, 4) is 11.1 Å². The summed E-state index contributed by atoms with van der Waals surface area (Å²) in [4.78, 5) is 13.3. The fourth-order valence-electron chi connectivity index (χ4n) is 3.06. The van der Waals surface area contributed by atoms with Crippen LogP contribution in [0.2, 0.25) is 0 Å². The third-order valence-electron chi connectivity index (χ3n) is 4.24. The molecule has 3 rings (SSSR count). The van der Waals surface area contributed by atoms with Crippen molar-refractivity contribution in [1.29, 1.82) is 0 Å². The molecule has 4 heteroatoms. The van der Waals surface area contributed by atoms with Crippen molar-refractivity contribution in [2.24, 2.45) is 0 Å². The summed E-state index contributed by atoms with van der Waals surface area (Å²) in [6, 6.07) is 18.5. The van der Waals surface area contributed by atoms with Crippen molar-refractivity contribution in [3.05, 3.63) is 60.2 Å². The average molecular weight is 311 g/mol. The van der Waals surface area contributed by atoms with Crippen LogP contribution in [0.5, 0.6) is 0 Å². The average Bonchev–Trinajstić information content (AvgIpc) is 2.57. The van der Waals surface area contributed by atoms with E-state index < -0.39 is 5.97 Å². The third-order valence-corrected chi connectivity index (χ3v) is 4.24. The Labute approximate surface area is 136 Å². The molecule has 1 aliphatic rings. The fourth-order valence-corrected chi connectivity index (χ4v) is 3.06. The predicted molar refractivity (Wildman–Crippen MR) is 89.1 cm³/mol. The fraction of sp³-hybridized carbons (Fsp3) is 0.316. The van der Waals surface area contributed by atoms with Crippen LogP contribution in [0, 0.1) is 0 Å². The molecule has 0 amide bonds. The third kappa shape index (κ3) is 3.97. The minimum absolute atomic E-state index is 0.0647. The largest absolute Gasteiger partial charge is 0.481 e. The van der Waals surface area contributed by atoms with Crippen LogP contribution in [-0.4, -0.2) is 41.8 Å². The molecular formula is C19H21NO3. The van der Waals surface area contributed by atoms with Crippen molar-refractivity contribution in [2.45, 2.75) is 19.0 Å². The van der Waals surface area contributed by atoms with Crippen LogP contribution >= 0.6 is 0 Å². The lowest BCUT2D eigenvalue weighted by atomic mass is 9.98. The lowest BCUT2D eigenvalue weighted by Crippen LogP contribution is -2.45. The van der Waals surface area contributed by atoms with Crippen molar-refractivity contribution < 1.29 is 14.6 Å². The second-order valence-electron chi connectivity index (χ2n) is 5.82. The molecule has 1 saturated heterocycles. The molecule has 0 unspecified atom stereocenters. The van der Waals surface area contributed by atoms with Crippen LogP contribution in [0.25, 0.3) is 11.1 Å². The summed E-state index contributed by atoms with van der Waals surface area (Å²) < 4.78 is 5.46. The van der Waals surface area contributed by atoms with E-state index in [4.69, 9.17) is 9.84 Å². The maximum absolute atomic E-state index is 11.1. The number of morpholine rings is 1. The SMILES string of the molecule is O=C(O)C[C@H]1COCCN1Cc1ccccc1-c1ccccc1. The van der Waals surface area contributed by atoms with Gasteiger partial charge >= 0.3 is 5.97 Å². The van der Waals surface area contributed by atoms with Crippen molar-refractivity contribution in [3.63, 3.8) is 0 Å². The summed E-state index contributed by atoms with van der Waals surface area (Å²) in [5.41, 5.74) is 3.61. The van der Waals surface area contributed by atoms with Gasteiger partial charge in [0.25, 0.3) is 0 Å². The van der Waals surface area contributed by atoms with E-state index in [1.165, 1.54) is 16.7 Å². The van der Waals surface area contributed by atoms with Crippen LogP contribution in [-0.2, 0) is 16.1 Å². The minimum Gasteiger partial charge on any atom is -0.481 e. The van der Waals surface area contributed by atoms with Gasteiger partial charge in [-0.05, 0) is 16.7 Å². The highest BCUT2D eigenvalue weighted by atomic mass is 16.5. The number of hydrogen-bond donors (Lipinski definition) is 1. The van der Waals surface area contributed by atoms with E-state index in [9.17, 15) is 4.79 Å². The van der Waals surface area contributed by atoms with Crippen molar-refractivity contribution >= 4 is 5.97 Å². The first kappa shape index (κ1) is 15.7. The number of nitrogens with zero attached hydrogens (tertiary/aromatic N) is 1. The van der Waals surface area contributed by atoms with Gasteiger partial charge in [0.15, 0.2) is 0 Å². The van der Waals surface area contributed by atoms with Crippen molar-refractivity contribution in [1.82, 2.24) is 4.90 Å². The lowest BCUT2D eigenvalue weighted by molar-refractivity contribution is -0.140. The molecule has 2 aromatic carbocycles. The Morgan fingerprint density at radius 3 is 2.65 bits per heavy atom. The summed E-state index contributed by atoms with van der Waals surface area (Å²) in [6.45, 7) is 2.65. The molecule has 0 bridgehead atoms. The van der Waals surface area contributed by atoms with Gasteiger partial charge in [-0.25, -0.2) is 0 Å². The molecule has 1 fully saturated rings. The highest BCUT2D eigenvalue weighted by molar-refractivity contribution is 5.68. The van der Waals surface area contributed by atoms with Crippen LogP contribution in [0.1, 0.15) is 12.0 Å². The zero-order valence-electron chi connectivity index (χ0n) is 13.0. The van der Waals surface area contributed by atoms with E-state index >= 15 is 0 Å². The molecule has 0 saturated carbocycles. The van der Waals surface area contributed by atoms with Gasteiger partial charge < -0.3 is 9.84 Å². The number of hydrogen-bond acceptors (Lipinski definition) is 3. The minimum atomic E-state index is -0.776. The summed E-state index contributed by atoms with van der Waals surface area (Å²) in [6.07, 6.45) is 0.119. The number of carboxylic acid groups (broad SMARTS) is 1. The van der Waals surface area contributed by atoms with Gasteiger partial charge in [-0.3, -0.25) is 9.69 Å². The maximum atomic E-state index is 11.1. The number of rotatable bonds is 5. The molecule has 120 valence electrons. The zero-order valence-corrected chi connectivity index (χ0v) is 13.0. The number of benzene rings is 2. The molecule has 2 aromatic rings. The highest BCUT2D eigenvalue weighted by Gasteiger charge is 2.25. The lowest BCUT2D eigenvalue weighted by Gasteiger charge is -2.35. The second-order valence-corrected chi connectivity index (χ2v) is 5.82. The molecule has 1 atom stereocenters. The monoisotopic (exact) mass is 311 g/mol. The Hall–Kier alpha value is -2.17. The molecule has 23 heavy (non-hydrogen) atoms. The van der Waals surface area contributed by atoms with Gasteiger partial charge in [0.1, 0.15) is 0 Å². The second kappa shape index (κ2) is 7.40. The molecule has 0 spiro atoms. The molecule has 0 aliphatic carbocycles. The van der Waals surface area contributed by atoms with E-state index in [-0.39, 0.29) is 12.5 Å². The molecule has 0 aromatic heterocycles.